The molecule has 0 saturated carbocycles. The minimum atomic E-state index is -3.60. The maximum absolute atomic E-state index is 12.0. The average Bonchev–Trinajstić information content (AvgIpc) is 2.96. The highest BCUT2D eigenvalue weighted by Crippen LogP contribution is 2.28. The van der Waals surface area contributed by atoms with Gasteiger partial charge in [0.1, 0.15) is 5.82 Å². The number of anilines is 1. The molecule has 0 radical (unpaired) electrons. The highest BCUT2D eigenvalue weighted by atomic mass is 32.2. The predicted molar refractivity (Wildman–Crippen MR) is 91.3 cm³/mol. The summed E-state index contributed by atoms with van der Waals surface area (Å²) in [5, 5.41) is 18.5. The van der Waals surface area contributed by atoms with Crippen molar-refractivity contribution in [2.24, 2.45) is 0 Å². The maximum Gasteiger partial charge on any atom is 0.270 e. The van der Waals surface area contributed by atoms with Gasteiger partial charge in [0.25, 0.3) is 5.69 Å². The molecule has 0 spiro atoms. The number of hydrogen-bond acceptors (Lipinski definition) is 7. The summed E-state index contributed by atoms with van der Waals surface area (Å²) in [5.41, 5.74) is 0.123. The molecule has 1 aromatic carbocycles. The molecule has 0 amide bonds. The van der Waals surface area contributed by atoms with E-state index < -0.39 is 14.8 Å². The first kappa shape index (κ1) is 17.3. The second-order valence-corrected chi connectivity index (χ2v) is 8.05. The lowest BCUT2D eigenvalue weighted by molar-refractivity contribution is -0.385. The topological polar surface area (TPSA) is 120 Å². The molecule has 134 valence electrons. The van der Waals surface area contributed by atoms with E-state index in [1.165, 1.54) is 12.1 Å². The third-order valence-corrected chi connectivity index (χ3v) is 5.29. The molecule has 2 aromatic rings. The Hall–Kier alpha value is -2.49. The lowest BCUT2D eigenvalue weighted by Gasteiger charge is -2.25. The van der Waals surface area contributed by atoms with Crippen LogP contribution in [0, 0.1) is 10.1 Å². The molecule has 10 heteroatoms. The standard InChI is InChI=1S/C15H19N5O4S/c1-3-14-17-15-7-4-10(9-19(15)18-14)16-12-6-5-11(20(21)22)8-13(12)25(2,23)24/h5-6,8,10,16H,3-4,7,9H2,1-2H3. The van der Waals surface area contributed by atoms with E-state index in [2.05, 4.69) is 15.4 Å². The number of fused-ring (bicyclic) bond motifs is 1. The van der Waals surface area contributed by atoms with Gasteiger partial charge in [0, 0.05) is 37.3 Å². The number of sulfone groups is 1. The molecule has 9 nitrogen and oxygen atoms in total. The summed E-state index contributed by atoms with van der Waals surface area (Å²) in [6.07, 6.45) is 3.33. The zero-order chi connectivity index (χ0) is 18.2. The van der Waals surface area contributed by atoms with E-state index in [1.54, 1.807) is 0 Å². The van der Waals surface area contributed by atoms with Crippen LogP contribution in [0.1, 0.15) is 25.0 Å². The van der Waals surface area contributed by atoms with Crippen molar-refractivity contribution < 1.29 is 13.3 Å². The molecule has 0 fully saturated rings. The van der Waals surface area contributed by atoms with Gasteiger partial charge in [-0.1, -0.05) is 6.92 Å². The summed E-state index contributed by atoms with van der Waals surface area (Å²) in [6, 6.07) is 3.82. The summed E-state index contributed by atoms with van der Waals surface area (Å²) in [5.74, 6) is 1.73. The van der Waals surface area contributed by atoms with E-state index in [0.717, 1.165) is 43.2 Å². The fraction of sp³-hybridized carbons (Fsp3) is 0.467. The zero-order valence-corrected chi connectivity index (χ0v) is 14.8. The van der Waals surface area contributed by atoms with Crippen molar-refractivity contribution in [3.63, 3.8) is 0 Å². The molecule has 0 saturated heterocycles. The fourth-order valence-electron chi connectivity index (χ4n) is 2.90. The molecule has 1 aliphatic rings. The molecular formula is C15H19N5O4S. The number of aromatic nitrogens is 3. The molecule has 1 atom stereocenters. The number of nitro groups is 1. The van der Waals surface area contributed by atoms with Crippen LogP contribution in [-0.2, 0) is 29.2 Å². The van der Waals surface area contributed by atoms with Gasteiger partial charge in [0.2, 0.25) is 0 Å². The van der Waals surface area contributed by atoms with Crippen LogP contribution in [0.15, 0.2) is 23.1 Å². The van der Waals surface area contributed by atoms with Crippen molar-refractivity contribution in [2.75, 3.05) is 11.6 Å². The Kier molecular flexibility index (Phi) is 4.46. The molecular weight excluding hydrogens is 346 g/mol. The van der Waals surface area contributed by atoms with Crippen molar-refractivity contribution in [3.05, 3.63) is 40.0 Å². The largest absolute Gasteiger partial charge is 0.379 e. The van der Waals surface area contributed by atoms with E-state index in [1.807, 2.05) is 11.6 Å². The van der Waals surface area contributed by atoms with Gasteiger partial charge in [-0.3, -0.25) is 10.1 Å². The maximum atomic E-state index is 12.0. The minimum absolute atomic E-state index is 0.0270. The molecule has 1 aliphatic heterocycles. The highest BCUT2D eigenvalue weighted by molar-refractivity contribution is 7.90. The van der Waals surface area contributed by atoms with Crippen molar-refractivity contribution in [1.82, 2.24) is 14.8 Å². The van der Waals surface area contributed by atoms with Crippen molar-refractivity contribution in [2.45, 2.75) is 43.7 Å². The number of nitrogens with one attached hydrogen (secondary N) is 1. The van der Waals surface area contributed by atoms with Crippen molar-refractivity contribution >= 4 is 21.2 Å². The van der Waals surface area contributed by atoms with Crippen LogP contribution in [0.4, 0.5) is 11.4 Å². The van der Waals surface area contributed by atoms with Crippen LogP contribution in [0.5, 0.6) is 0 Å². The van der Waals surface area contributed by atoms with Gasteiger partial charge in [-0.15, -0.1) is 0 Å². The van der Waals surface area contributed by atoms with E-state index in [4.69, 9.17) is 0 Å². The summed E-state index contributed by atoms with van der Waals surface area (Å²) >= 11 is 0. The second-order valence-electron chi connectivity index (χ2n) is 6.07. The van der Waals surface area contributed by atoms with Crippen LogP contribution in [-0.4, -0.2) is 40.4 Å². The molecule has 25 heavy (non-hydrogen) atoms. The lowest BCUT2D eigenvalue weighted by Crippen LogP contribution is -2.32. The Bertz CT molecular complexity index is 922. The Labute approximate surface area is 145 Å². The van der Waals surface area contributed by atoms with Gasteiger partial charge in [-0.05, 0) is 12.5 Å². The van der Waals surface area contributed by atoms with Crippen LogP contribution >= 0.6 is 0 Å². The number of hydrogen-bond donors (Lipinski definition) is 1. The highest BCUT2D eigenvalue weighted by Gasteiger charge is 2.24. The number of nitro benzene ring substituents is 1. The van der Waals surface area contributed by atoms with Crippen LogP contribution < -0.4 is 5.32 Å². The van der Waals surface area contributed by atoms with Gasteiger partial charge in [-0.25, -0.2) is 18.1 Å². The molecule has 0 bridgehead atoms. The first-order valence-corrected chi connectivity index (χ1v) is 9.84. The smallest absolute Gasteiger partial charge is 0.270 e. The summed E-state index contributed by atoms with van der Waals surface area (Å²) in [6.45, 7) is 2.56. The molecule has 1 N–H and O–H groups in total. The fourth-order valence-corrected chi connectivity index (χ4v) is 3.76. The summed E-state index contributed by atoms with van der Waals surface area (Å²) in [4.78, 5) is 14.7. The van der Waals surface area contributed by atoms with Gasteiger partial charge in [0.05, 0.1) is 22.1 Å². The van der Waals surface area contributed by atoms with Crippen LogP contribution in [0.3, 0.4) is 0 Å². The van der Waals surface area contributed by atoms with E-state index in [0.29, 0.717) is 12.2 Å². The van der Waals surface area contributed by atoms with E-state index in [9.17, 15) is 18.5 Å². The number of rotatable bonds is 5. The summed E-state index contributed by atoms with van der Waals surface area (Å²) < 4.78 is 25.9. The Balaban J connectivity index is 1.87. The van der Waals surface area contributed by atoms with Gasteiger partial charge in [-0.2, -0.15) is 5.10 Å². The van der Waals surface area contributed by atoms with E-state index in [-0.39, 0.29) is 16.6 Å². The molecule has 0 aliphatic carbocycles. The zero-order valence-electron chi connectivity index (χ0n) is 14.0. The predicted octanol–water partition coefficient (Wildman–Crippen LogP) is 1.58. The normalized spacial score (nSPS) is 17.1. The third kappa shape index (κ3) is 3.63. The van der Waals surface area contributed by atoms with Gasteiger partial charge in [0.15, 0.2) is 15.7 Å². The summed E-state index contributed by atoms with van der Waals surface area (Å²) in [7, 11) is -3.60. The number of nitrogens with zero attached hydrogens (tertiary/aromatic N) is 4. The Morgan fingerprint density at radius 3 is 2.84 bits per heavy atom. The molecule has 1 aromatic heterocycles. The third-order valence-electron chi connectivity index (χ3n) is 4.15. The van der Waals surface area contributed by atoms with Crippen LogP contribution in [0.2, 0.25) is 0 Å². The van der Waals surface area contributed by atoms with Crippen molar-refractivity contribution in [1.29, 1.82) is 0 Å². The number of benzene rings is 1. The lowest BCUT2D eigenvalue weighted by atomic mass is 10.1. The Morgan fingerprint density at radius 1 is 1.44 bits per heavy atom. The number of aryl methyl sites for hydroxylation is 2. The minimum Gasteiger partial charge on any atom is -0.379 e. The SMILES string of the molecule is CCc1nc2n(n1)CC(Nc1ccc([N+](=O)[O-])cc1S(C)(=O)=O)CC2. The van der Waals surface area contributed by atoms with Gasteiger partial charge < -0.3 is 5.32 Å². The monoisotopic (exact) mass is 365 g/mol. The first-order valence-electron chi connectivity index (χ1n) is 7.95. The second kappa shape index (κ2) is 6.43. The molecule has 3 rings (SSSR count). The quantitative estimate of drug-likeness (QED) is 0.631. The van der Waals surface area contributed by atoms with E-state index >= 15 is 0 Å². The van der Waals surface area contributed by atoms with Gasteiger partial charge >= 0.3 is 0 Å². The number of non-ortho nitro benzene ring substituents is 1. The van der Waals surface area contributed by atoms with Crippen LogP contribution in [0.25, 0.3) is 0 Å². The molecule has 2 heterocycles. The van der Waals surface area contributed by atoms with Crippen molar-refractivity contribution in [3.8, 4) is 0 Å². The molecule has 1 unspecified atom stereocenters. The first-order chi connectivity index (χ1) is 11.8. The average molecular weight is 365 g/mol. The Morgan fingerprint density at radius 2 is 2.20 bits per heavy atom.